The Kier molecular flexibility index (Phi) is 6.34. The van der Waals surface area contributed by atoms with Gasteiger partial charge in [0.25, 0.3) is 0 Å². The summed E-state index contributed by atoms with van der Waals surface area (Å²) in [6.45, 7) is 7.20. The fraction of sp³-hybridized carbons (Fsp3) is 0.478. The fourth-order valence-corrected chi connectivity index (χ4v) is 3.84. The van der Waals surface area contributed by atoms with Crippen molar-refractivity contribution in [1.82, 2.24) is 19.7 Å². The van der Waals surface area contributed by atoms with E-state index in [0.29, 0.717) is 25.0 Å². The van der Waals surface area contributed by atoms with E-state index in [2.05, 4.69) is 33.8 Å². The molecule has 3 aromatic rings. The number of hydrogen-bond acceptors (Lipinski definition) is 6. The number of rotatable bonds is 8. The molecule has 4 rings (SSSR count). The highest BCUT2D eigenvalue weighted by Crippen LogP contribution is 2.25. The maximum atomic E-state index is 10.8. The second-order valence-corrected chi connectivity index (χ2v) is 8.44. The third kappa shape index (κ3) is 5.13. The van der Waals surface area contributed by atoms with E-state index in [1.807, 2.05) is 30.6 Å². The van der Waals surface area contributed by atoms with Gasteiger partial charge >= 0.3 is 5.97 Å². The normalized spacial score (nSPS) is 15.0. The van der Waals surface area contributed by atoms with Crippen molar-refractivity contribution in [2.45, 2.75) is 45.6 Å². The van der Waals surface area contributed by atoms with Crippen LogP contribution in [0.5, 0.6) is 5.75 Å². The van der Waals surface area contributed by atoms with Gasteiger partial charge in [-0.25, -0.2) is 9.97 Å². The first-order valence-corrected chi connectivity index (χ1v) is 10.9. The molecule has 8 heteroatoms. The van der Waals surface area contributed by atoms with Crippen molar-refractivity contribution in [3.8, 4) is 5.75 Å². The van der Waals surface area contributed by atoms with E-state index in [1.165, 1.54) is 0 Å². The summed E-state index contributed by atoms with van der Waals surface area (Å²) in [6, 6.07) is 5.85. The smallest absolute Gasteiger partial charge is 0.305 e. The van der Waals surface area contributed by atoms with E-state index < -0.39 is 5.97 Å². The van der Waals surface area contributed by atoms with Gasteiger partial charge in [0.1, 0.15) is 5.75 Å². The number of fused-ring (bicyclic) bond motifs is 1. The quantitative estimate of drug-likeness (QED) is 0.590. The number of carboxylic acid groups (broad SMARTS) is 1. The van der Waals surface area contributed by atoms with Crippen LogP contribution in [0.4, 0.5) is 5.95 Å². The molecule has 0 atom stereocenters. The molecule has 1 aliphatic heterocycles. The van der Waals surface area contributed by atoms with Crippen molar-refractivity contribution in [2.75, 3.05) is 24.6 Å². The van der Waals surface area contributed by atoms with E-state index in [9.17, 15) is 4.79 Å². The number of hydrogen-bond donors (Lipinski definition) is 1. The molecule has 1 aromatic carbocycles. The number of carbonyl (C=O) groups is 1. The second kappa shape index (κ2) is 9.32. The molecule has 3 heterocycles. The third-order valence-corrected chi connectivity index (χ3v) is 5.86. The molecule has 0 unspecified atom stereocenters. The third-order valence-electron chi connectivity index (χ3n) is 5.86. The zero-order valence-corrected chi connectivity index (χ0v) is 18.1. The average Bonchev–Trinajstić information content (AvgIpc) is 3.19. The van der Waals surface area contributed by atoms with Gasteiger partial charge in [0.15, 0.2) is 0 Å². The van der Waals surface area contributed by atoms with Gasteiger partial charge < -0.3 is 14.7 Å². The van der Waals surface area contributed by atoms with Crippen LogP contribution in [-0.4, -0.2) is 50.5 Å². The Labute approximate surface area is 181 Å². The van der Waals surface area contributed by atoms with Gasteiger partial charge in [0.2, 0.25) is 5.95 Å². The number of aryl methyl sites for hydroxylation is 1. The molecule has 1 N–H and O–H groups in total. The maximum Gasteiger partial charge on any atom is 0.305 e. The van der Waals surface area contributed by atoms with E-state index in [0.717, 1.165) is 54.1 Å². The predicted molar refractivity (Wildman–Crippen MR) is 119 cm³/mol. The van der Waals surface area contributed by atoms with Gasteiger partial charge in [-0.3, -0.25) is 9.48 Å². The molecular formula is C23H29N5O3. The molecule has 0 saturated carbocycles. The zero-order chi connectivity index (χ0) is 21.8. The predicted octanol–water partition coefficient (Wildman–Crippen LogP) is 3.72. The van der Waals surface area contributed by atoms with Gasteiger partial charge in [-0.05, 0) is 48.4 Å². The number of benzene rings is 1. The number of piperidine rings is 1. The van der Waals surface area contributed by atoms with E-state index in [1.54, 1.807) is 10.9 Å². The molecule has 0 aliphatic carbocycles. The Morgan fingerprint density at radius 3 is 2.61 bits per heavy atom. The van der Waals surface area contributed by atoms with Gasteiger partial charge in [0, 0.05) is 30.9 Å². The molecule has 0 bridgehead atoms. The molecule has 0 amide bonds. The molecule has 1 saturated heterocycles. The molecule has 8 nitrogen and oxygen atoms in total. The van der Waals surface area contributed by atoms with Crippen LogP contribution in [0.2, 0.25) is 0 Å². The largest absolute Gasteiger partial charge is 0.493 e. The van der Waals surface area contributed by atoms with Crippen molar-refractivity contribution in [1.29, 1.82) is 0 Å². The number of nitrogens with zero attached hydrogens (tertiary/aromatic N) is 5. The highest BCUT2D eigenvalue weighted by Gasteiger charge is 2.21. The van der Waals surface area contributed by atoms with Gasteiger partial charge in [0.05, 0.1) is 31.3 Å². The van der Waals surface area contributed by atoms with Crippen molar-refractivity contribution in [3.63, 3.8) is 0 Å². The Morgan fingerprint density at radius 2 is 1.94 bits per heavy atom. The maximum absolute atomic E-state index is 10.8. The van der Waals surface area contributed by atoms with E-state index >= 15 is 0 Å². The lowest BCUT2D eigenvalue weighted by atomic mass is 9.98. The first-order chi connectivity index (χ1) is 15.0. The van der Waals surface area contributed by atoms with Crippen LogP contribution in [0.1, 0.15) is 44.6 Å². The summed E-state index contributed by atoms with van der Waals surface area (Å²) < 4.78 is 7.78. The number of carboxylic acids is 1. The molecule has 31 heavy (non-hydrogen) atoms. The molecule has 0 spiro atoms. The fourth-order valence-electron chi connectivity index (χ4n) is 3.84. The van der Waals surface area contributed by atoms with E-state index in [-0.39, 0.29) is 6.42 Å². The summed E-state index contributed by atoms with van der Waals surface area (Å²) >= 11 is 0. The second-order valence-electron chi connectivity index (χ2n) is 8.44. The molecule has 164 valence electrons. The summed E-state index contributed by atoms with van der Waals surface area (Å²) in [6.07, 6.45) is 7.77. The summed E-state index contributed by atoms with van der Waals surface area (Å²) in [5.41, 5.74) is 2.09. The van der Waals surface area contributed by atoms with Crippen molar-refractivity contribution < 1.29 is 14.6 Å². The monoisotopic (exact) mass is 423 g/mol. The first-order valence-electron chi connectivity index (χ1n) is 10.9. The molecule has 1 fully saturated rings. The van der Waals surface area contributed by atoms with Crippen LogP contribution >= 0.6 is 0 Å². The summed E-state index contributed by atoms with van der Waals surface area (Å²) in [7, 11) is 0. The Morgan fingerprint density at radius 1 is 1.19 bits per heavy atom. The van der Waals surface area contributed by atoms with Gasteiger partial charge in [-0.1, -0.05) is 13.8 Å². The number of ether oxygens (including phenoxy) is 1. The number of aliphatic carboxylic acids is 1. The number of anilines is 1. The lowest BCUT2D eigenvalue weighted by molar-refractivity contribution is -0.137. The molecule has 2 aromatic heterocycles. The van der Waals surface area contributed by atoms with Crippen molar-refractivity contribution >= 4 is 22.8 Å². The zero-order valence-electron chi connectivity index (χ0n) is 18.1. The van der Waals surface area contributed by atoms with Gasteiger partial charge in [-0.15, -0.1) is 0 Å². The van der Waals surface area contributed by atoms with E-state index in [4.69, 9.17) is 9.84 Å². The summed E-state index contributed by atoms with van der Waals surface area (Å²) in [5.74, 6) is 1.75. The topological polar surface area (TPSA) is 93.4 Å². The van der Waals surface area contributed by atoms with Crippen LogP contribution in [0.3, 0.4) is 0 Å². The SMILES string of the molecule is CC(C)c1cnc(N2CCC(COc3ccc4c(cnn4CCC(=O)O)c3)CC2)nc1. The lowest BCUT2D eigenvalue weighted by Crippen LogP contribution is -2.36. The highest BCUT2D eigenvalue weighted by molar-refractivity contribution is 5.80. The highest BCUT2D eigenvalue weighted by atomic mass is 16.5. The lowest BCUT2D eigenvalue weighted by Gasteiger charge is -2.31. The molecular weight excluding hydrogens is 394 g/mol. The Bertz CT molecular complexity index is 1020. The van der Waals surface area contributed by atoms with Crippen molar-refractivity contribution in [3.05, 3.63) is 42.4 Å². The van der Waals surface area contributed by atoms with Crippen LogP contribution in [0.15, 0.2) is 36.8 Å². The van der Waals surface area contributed by atoms with Crippen LogP contribution in [-0.2, 0) is 11.3 Å². The van der Waals surface area contributed by atoms with Crippen LogP contribution in [0.25, 0.3) is 10.9 Å². The Hall–Kier alpha value is -3.16. The standard InChI is InChI=1S/C23H29N5O3/c1-16(2)19-12-24-23(25-13-19)27-8-5-17(6-9-27)15-31-20-3-4-21-18(11-20)14-26-28(21)10-7-22(29)30/h3-4,11-14,16-17H,5-10,15H2,1-2H3,(H,29,30). The first kappa shape index (κ1) is 21.1. The van der Waals surface area contributed by atoms with Gasteiger partial charge in [-0.2, -0.15) is 5.10 Å². The van der Waals surface area contributed by atoms with Crippen LogP contribution in [0, 0.1) is 5.92 Å². The Balaban J connectivity index is 1.28. The average molecular weight is 424 g/mol. The molecule has 0 radical (unpaired) electrons. The number of aromatic nitrogens is 4. The van der Waals surface area contributed by atoms with Crippen LogP contribution < -0.4 is 9.64 Å². The minimum absolute atomic E-state index is 0.0562. The van der Waals surface area contributed by atoms with Crippen molar-refractivity contribution in [2.24, 2.45) is 5.92 Å². The summed E-state index contributed by atoms with van der Waals surface area (Å²) in [4.78, 5) is 22.1. The minimum atomic E-state index is -0.825. The minimum Gasteiger partial charge on any atom is -0.493 e. The molecule has 1 aliphatic rings. The summed E-state index contributed by atoms with van der Waals surface area (Å²) in [5, 5.41) is 14.1.